The van der Waals surface area contributed by atoms with E-state index < -0.39 is 0 Å². The average Bonchev–Trinajstić information content (AvgIpc) is 3.03. The zero-order valence-corrected chi connectivity index (χ0v) is 14.5. The van der Waals surface area contributed by atoms with Gasteiger partial charge in [0.05, 0.1) is 23.0 Å². The minimum atomic E-state index is -0.245. The van der Waals surface area contributed by atoms with Crippen LogP contribution in [0.5, 0.6) is 0 Å². The Bertz CT molecular complexity index is 1120. The number of aryl methyl sites for hydroxylation is 1. The number of amides is 1. The molecule has 0 saturated heterocycles. The minimum Gasteiger partial charge on any atom is -0.306 e. The van der Waals surface area contributed by atoms with Crippen LogP contribution in [0.25, 0.3) is 16.7 Å². The molecule has 1 aromatic carbocycles. The molecule has 3 aromatic heterocycles. The lowest BCUT2D eigenvalue weighted by Gasteiger charge is -2.08. The van der Waals surface area contributed by atoms with Crippen LogP contribution in [0.15, 0.2) is 60.9 Å². The van der Waals surface area contributed by atoms with Crippen molar-refractivity contribution in [3.05, 3.63) is 77.7 Å². The van der Waals surface area contributed by atoms with E-state index in [4.69, 9.17) is 0 Å². The maximum atomic E-state index is 12.7. The summed E-state index contributed by atoms with van der Waals surface area (Å²) in [4.78, 5) is 21.5. The zero-order chi connectivity index (χ0) is 18.1. The summed E-state index contributed by atoms with van der Waals surface area (Å²) in [6.07, 6.45) is 3.27. The third kappa shape index (κ3) is 2.82. The van der Waals surface area contributed by atoms with Crippen LogP contribution in [0.1, 0.15) is 21.6 Å². The highest BCUT2D eigenvalue weighted by Gasteiger charge is 2.17. The minimum absolute atomic E-state index is 0.245. The predicted molar refractivity (Wildman–Crippen MR) is 101 cm³/mol. The topological polar surface area (TPSA) is 72.7 Å². The van der Waals surface area contributed by atoms with Crippen molar-refractivity contribution < 1.29 is 4.79 Å². The summed E-state index contributed by atoms with van der Waals surface area (Å²) >= 11 is 0. The molecule has 0 aliphatic carbocycles. The van der Waals surface area contributed by atoms with E-state index in [1.165, 1.54) is 0 Å². The lowest BCUT2D eigenvalue weighted by molar-refractivity contribution is 0.102. The average molecular weight is 343 g/mol. The number of carbonyl (C=O) groups excluding carboxylic acids is 1. The second kappa shape index (κ2) is 6.40. The van der Waals surface area contributed by atoms with Crippen LogP contribution < -0.4 is 5.32 Å². The van der Waals surface area contributed by atoms with E-state index in [0.717, 1.165) is 22.2 Å². The zero-order valence-electron chi connectivity index (χ0n) is 14.5. The summed E-state index contributed by atoms with van der Waals surface area (Å²) in [6.45, 7) is 3.81. The number of para-hydroxylation sites is 1. The molecule has 0 unspecified atom stereocenters. The highest BCUT2D eigenvalue weighted by molar-refractivity contribution is 6.04. The van der Waals surface area contributed by atoms with Gasteiger partial charge in [0, 0.05) is 11.6 Å². The molecule has 1 N–H and O–H groups in total. The van der Waals surface area contributed by atoms with Gasteiger partial charge in [0.2, 0.25) is 0 Å². The Morgan fingerprint density at radius 1 is 1.04 bits per heavy atom. The van der Waals surface area contributed by atoms with Gasteiger partial charge in [-0.1, -0.05) is 24.3 Å². The lowest BCUT2D eigenvalue weighted by atomic mass is 10.2. The third-order valence-corrected chi connectivity index (χ3v) is 4.28. The fraction of sp³-hybridized carbons (Fsp3) is 0.100. The van der Waals surface area contributed by atoms with Crippen LogP contribution in [0, 0.1) is 13.8 Å². The van der Waals surface area contributed by atoms with E-state index in [-0.39, 0.29) is 5.91 Å². The molecule has 0 bridgehead atoms. The molecular weight excluding hydrogens is 326 g/mol. The molecule has 0 spiro atoms. The van der Waals surface area contributed by atoms with Gasteiger partial charge in [0.15, 0.2) is 5.82 Å². The van der Waals surface area contributed by atoms with E-state index in [9.17, 15) is 4.79 Å². The van der Waals surface area contributed by atoms with Gasteiger partial charge in [-0.25, -0.2) is 14.6 Å². The van der Waals surface area contributed by atoms with Gasteiger partial charge in [-0.2, -0.15) is 5.10 Å². The number of rotatable bonds is 3. The van der Waals surface area contributed by atoms with Crippen molar-refractivity contribution in [2.45, 2.75) is 13.8 Å². The molecular formula is C20H17N5O. The number of carbonyl (C=O) groups is 1. The first kappa shape index (κ1) is 16.0. The Hall–Kier alpha value is -3.54. The number of nitrogens with zero attached hydrogens (tertiary/aromatic N) is 4. The van der Waals surface area contributed by atoms with Crippen LogP contribution in [0.4, 0.5) is 5.82 Å². The Balaban J connectivity index is 1.63. The molecule has 0 aliphatic heterocycles. The molecule has 6 heteroatoms. The van der Waals surface area contributed by atoms with Gasteiger partial charge in [-0.05, 0) is 43.7 Å². The highest BCUT2D eigenvalue weighted by atomic mass is 16.1. The van der Waals surface area contributed by atoms with Gasteiger partial charge >= 0.3 is 0 Å². The number of pyridine rings is 2. The summed E-state index contributed by atoms with van der Waals surface area (Å²) in [5, 5.41) is 8.21. The van der Waals surface area contributed by atoms with Crippen LogP contribution >= 0.6 is 0 Å². The Morgan fingerprint density at radius 3 is 2.73 bits per heavy atom. The number of anilines is 1. The summed E-state index contributed by atoms with van der Waals surface area (Å²) in [5.74, 6) is 0.980. The number of benzene rings is 1. The molecule has 6 nitrogen and oxygen atoms in total. The second-order valence-corrected chi connectivity index (χ2v) is 6.04. The summed E-state index contributed by atoms with van der Waals surface area (Å²) in [6, 6.07) is 15.3. The van der Waals surface area contributed by atoms with Crippen molar-refractivity contribution in [1.29, 1.82) is 0 Å². The number of hydrogen-bond donors (Lipinski definition) is 1. The number of nitrogens with one attached hydrogen (secondary N) is 1. The van der Waals surface area contributed by atoms with Gasteiger partial charge in [0.1, 0.15) is 5.82 Å². The number of fused-ring (bicyclic) bond motifs is 1. The first-order chi connectivity index (χ1) is 12.6. The number of hydrogen-bond acceptors (Lipinski definition) is 4. The van der Waals surface area contributed by atoms with Crippen molar-refractivity contribution in [1.82, 2.24) is 19.7 Å². The molecule has 3 heterocycles. The molecule has 4 aromatic rings. The Kier molecular flexibility index (Phi) is 3.93. The highest BCUT2D eigenvalue weighted by Crippen LogP contribution is 2.18. The van der Waals surface area contributed by atoms with E-state index in [1.54, 1.807) is 23.1 Å². The number of aromatic nitrogens is 4. The van der Waals surface area contributed by atoms with E-state index in [1.807, 2.05) is 56.3 Å². The van der Waals surface area contributed by atoms with Crippen molar-refractivity contribution in [3.63, 3.8) is 0 Å². The quantitative estimate of drug-likeness (QED) is 0.616. The normalized spacial score (nSPS) is 10.8. The summed E-state index contributed by atoms with van der Waals surface area (Å²) in [5.41, 5.74) is 3.04. The van der Waals surface area contributed by atoms with Gasteiger partial charge in [0.25, 0.3) is 5.91 Å². The molecule has 128 valence electrons. The maximum absolute atomic E-state index is 12.7. The van der Waals surface area contributed by atoms with Crippen LogP contribution in [-0.4, -0.2) is 25.7 Å². The predicted octanol–water partition coefficient (Wildman–Crippen LogP) is 3.68. The first-order valence-electron chi connectivity index (χ1n) is 8.27. The van der Waals surface area contributed by atoms with Crippen LogP contribution in [0.2, 0.25) is 0 Å². The van der Waals surface area contributed by atoms with Crippen molar-refractivity contribution >= 4 is 22.6 Å². The van der Waals surface area contributed by atoms with Crippen molar-refractivity contribution in [2.24, 2.45) is 0 Å². The molecule has 0 radical (unpaired) electrons. The fourth-order valence-corrected chi connectivity index (χ4v) is 2.86. The molecule has 0 aliphatic rings. The van der Waals surface area contributed by atoms with Crippen molar-refractivity contribution in [3.8, 4) is 5.82 Å². The van der Waals surface area contributed by atoms with Crippen LogP contribution in [-0.2, 0) is 0 Å². The molecule has 0 fully saturated rings. The lowest BCUT2D eigenvalue weighted by Crippen LogP contribution is -2.14. The largest absolute Gasteiger partial charge is 0.306 e. The first-order valence-corrected chi connectivity index (χ1v) is 8.27. The Labute approximate surface area is 150 Å². The SMILES string of the molecule is Cc1cccnc1-n1ncc(C(=O)Nc2ccc3ccccc3n2)c1C. The van der Waals surface area contributed by atoms with Gasteiger partial charge in [-0.15, -0.1) is 0 Å². The Morgan fingerprint density at radius 2 is 1.88 bits per heavy atom. The molecule has 26 heavy (non-hydrogen) atoms. The molecule has 0 atom stereocenters. The maximum Gasteiger partial charge on any atom is 0.260 e. The standard InChI is InChI=1S/C20H17N5O/c1-13-6-5-11-21-19(13)25-14(2)16(12-22-25)20(26)24-18-10-9-15-7-3-4-8-17(15)23-18/h3-12H,1-2H3,(H,23,24,26). The smallest absolute Gasteiger partial charge is 0.260 e. The molecule has 1 amide bonds. The monoisotopic (exact) mass is 343 g/mol. The summed E-state index contributed by atoms with van der Waals surface area (Å²) in [7, 11) is 0. The van der Waals surface area contributed by atoms with Crippen LogP contribution in [0.3, 0.4) is 0 Å². The molecule has 0 saturated carbocycles. The fourth-order valence-electron chi connectivity index (χ4n) is 2.86. The second-order valence-electron chi connectivity index (χ2n) is 6.04. The molecule has 4 rings (SSSR count). The van der Waals surface area contributed by atoms with E-state index >= 15 is 0 Å². The van der Waals surface area contributed by atoms with Gasteiger partial charge in [-0.3, -0.25) is 4.79 Å². The van der Waals surface area contributed by atoms with E-state index in [0.29, 0.717) is 17.2 Å². The van der Waals surface area contributed by atoms with Crippen molar-refractivity contribution in [2.75, 3.05) is 5.32 Å². The third-order valence-electron chi connectivity index (χ3n) is 4.28. The van der Waals surface area contributed by atoms with E-state index in [2.05, 4.69) is 20.4 Å². The van der Waals surface area contributed by atoms with Gasteiger partial charge < -0.3 is 5.32 Å². The summed E-state index contributed by atoms with van der Waals surface area (Å²) < 4.78 is 1.68.